The van der Waals surface area contributed by atoms with E-state index in [-0.39, 0.29) is 0 Å². The second-order valence-corrected chi connectivity index (χ2v) is 13.2. The molecule has 9 rings (SSSR count). The van der Waals surface area contributed by atoms with Crippen LogP contribution in [0.4, 0.5) is 0 Å². The molecule has 6 nitrogen and oxygen atoms in total. The van der Waals surface area contributed by atoms with Crippen LogP contribution in [0.3, 0.4) is 0 Å². The van der Waals surface area contributed by atoms with Gasteiger partial charge in [0.2, 0.25) is 9.84 Å². The molecular formula is C39H23N3O3S. The molecule has 0 unspecified atom stereocenters. The van der Waals surface area contributed by atoms with E-state index in [2.05, 4.69) is 0 Å². The zero-order valence-electron chi connectivity index (χ0n) is 24.3. The van der Waals surface area contributed by atoms with Gasteiger partial charge in [0.05, 0.1) is 9.79 Å². The largest absolute Gasteiger partial charge is 0.456 e. The summed E-state index contributed by atoms with van der Waals surface area (Å²) in [7, 11) is -3.57. The lowest BCUT2D eigenvalue weighted by molar-refractivity contribution is 0.598. The minimum atomic E-state index is -3.57. The Bertz CT molecular complexity index is 2540. The van der Waals surface area contributed by atoms with Gasteiger partial charge < -0.3 is 4.42 Å². The highest BCUT2D eigenvalue weighted by Crippen LogP contribution is 2.45. The van der Waals surface area contributed by atoms with Gasteiger partial charge >= 0.3 is 0 Å². The van der Waals surface area contributed by atoms with Crippen LogP contribution < -0.4 is 0 Å². The van der Waals surface area contributed by atoms with E-state index in [1.54, 1.807) is 18.2 Å². The molecule has 0 aliphatic carbocycles. The van der Waals surface area contributed by atoms with Gasteiger partial charge in [-0.15, -0.1) is 0 Å². The standard InChI is InChI=1S/C39H23N3O3S/c43-46(44)35-14-8-7-13-31(35)32-20-16-27(23-36(32)46)26-15-18-29-30-19-17-28(22-34(30)45-33(29)21-26)39-41-37(24-9-3-1-4-10-24)40-38(42-39)25-11-5-2-6-12-25/h1-23H. The summed E-state index contributed by atoms with van der Waals surface area (Å²) in [6, 6.07) is 44.5. The topological polar surface area (TPSA) is 86.0 Å². The Hall–Kier alpha value is -5.92. The Morgan fingerprint density at radius 3 is 1.54 bits per heavy atom. The van der Waals surface area contributed by atoms with Crippen LogP contribution in [-0.2, 0) is 9.84 Å². The summed E-state index contributed by atoms with van der Waals surface area (Å²) in [5.74, 6) is 1.74. The van der Waals surface area contributed by atoms with Crippen LogP contribution in [0.5, 0.6) is 0 Å². The molecule has 8 aromatic rings. The van der Waals surface area contributed by atoms with Crippen molar-refractivity contribution < 1.29 is 12.8 Å². The molecule has 2 aromatic heterocycles. The maximum atomic E-state index is 13.3. The molecule has 0 amide bonds. The van der Waals surface area contributed by atoms with E-state index in [0.717, 1.165) is 49.7 Å². The van der Waals surface area contributed by atoms with Crippen molar-refractivity contribution in [3.8, 4) is 56.4 Å². The number of benzene rings is 6. The second kappa shape index (κ2) is 10.1. The summed E-state index contributed by atoms with van der Waals surface area (Å²) in [5.41, 5.74) is 7.21. The van der Waals surface area contributed by atoms with Crippen molar-refractivity contribution in [2.75, 3.05) is 0 Å². The minimum Gasteiger partial charge on any atom is -0.456 e. The van der Waals surface area contributed by atoms with E-state index < -0.39 is 9.84 Å². The Morgan fingerprint density at radius 1 is 0.413 bits per heavy atom. The van der Waals surface area contributed by atoms with Crippen LogP contribution in [0.1, 0.15) is 0 Å². The first-order valence-corrected chi connectivity index (χ1v) is 16.3. The summed E-state index contributed by atoms with van der Waals surface area (Å²) in [6.45, 7) is 0. The fraction of sp³-hybridized carbons (Fsp3) is 0. The van der Waals surface area contributed by atoms with Crippen molar-refractivity contribution in [2.45, 2.75) is 9.79 Å². The molecule has 0 N–H and O–H groups in total. The zero-order chi connectivity index (χ0) is 30.8. The third-order valence-electron chi connectivity index (χ3n) is 8.50. The molecule has 218 valence electrons. The fourth-order valence-corrected chi connectivity index (χ4v) is 7.93. The number of hydrogen-bond acceptors (Lipinski definition) is 6. The zero-order valence-corrected chi connectivity index (χ0v) is 25.1. The number of furan rings is 1. The van der Waals surface area contributed by atoms with Crippen LogP contribution in [0, 0.1) is 0 Å². The first-order chi connectivity index (χ1) is 22.5. The third kappa shape index (κ3) is 4.17. The molecule has 6 aromatic carbocycles. The predicted molar refractivity (Wildman–Crippen MR) is 180 cm³/mol. The number of hydrogen-bond donors (Lipinski definition) is 0. The summed E-state index contributed by atoms with van der Waals surface area (Å²) >= 11 is 0. The normalized spacial score (nSPS) is 13.1. The number of rotatable bonds is 4. The molecule has 0 radical (unpaired) electrons. The average Bonchev–Trinajstić information content (AvgIpc) is 3.59. The quantitative estimate of drug-likeness (QED) is 0.197. The van der Waals surface area contributed by atoms with Crippen molar-refractivity contribution in [3.05, 3.63) is 140 Å². The number of fused-ring (bicyclic) bond motifs is 6. The molecular weight excluding hydrogens is 591 g/mol. The maximum Gasteiger partial charge on any atom is 0.207 e. The Labute approximate surface area is 264 Å². The van der Waals surface area contributed by atoms with Gasteiger partial charge in [0.1, 0.15) is 11.2 Å². The van der Waals surface area contributed by atoms with Crippen LogP contribution >= 0.6 is 0 Å². The van der Waals surface area contributed by atoms with Crippen LogP contribution in [0.15, 0.2) is 154 Å². The molecule has 0 bridgehead atoms. The fourth-order valence-electron chi connectivity index (χ4n) is 6.22. The van der Waals surface area contributed by atoms with E-state index in [0.29, 0.717) is 38.4 Å². The van der Waals surface area contributed by atoms with Crippen LogP contribution in [0.2, 0.25) is 0 Å². The smallest absolute Gasteiger partial charge is 0.207 e. The van der Waals surface area contributed by atoms with Crippen molar-refractivity contribution >= 4 is 31.8 Å². The van der Waals surface area contributed by atoms with Gasteiger partial charge in [-0.05, 0) is 47.5 Å². The van der Waals surface area contributed by atoms with Crippen molar-refractivity contribution in [2.24, 2.45) is 0 Å². The molecule has 7 heteroatoms. The second-order valence-electron chi connectivity index (χ2n) is 11.3. The van der Waals surface area contributed by atoms with E-state index >= 15 is 0 Å². The highest BCUT2D eigenvalue weighted by molar-refractivity contribution is 7.92. The van der Waals surface area contributed by atoms with Crippen molar-refractivity contribution in [1.29, 1.82) is 0 Å². The first kappa shape index (κ1) is 26.5. The first-order valence-electron chi connectivity index (χ1n) is 14.9. The van der Waals surface area contributed by atoms with Gasteiger partial charge in [-0.3, -0.25) is 0 Å². The van der Waals surface area contributed by atoms with Gasteiger partial charge in [0, 0.05) is 38.6 Å². The van der Waals surface area contributed by atoms with Gasteiger partial charge in [0.25, 0.3) is 0 Å². The molecule has 0 spiro atoms. The molecule has 46 heavy (non-hydrogen) atoms. The van der Waals surface area contributed by atoms with Gasteiger partial charge in [-0.1, -0.05) is 103 Å². The highest BCUT2D eigenvalue weighted by atomic mass is 32.2. The van der Waals surface area contributed by atoms with E-state index in [9.17, 15) is 8.42 Å². The molecule has 0 atom stereocenters. The molecule has 3 heterocycles. The molecule has 0 saturated heterocycles. The van der Waals surface area contributed by atoms with Gasteiger partial charge in [-0.25, -0.2) is 23.4 Å². The third-order valence-corrected chi connectivity index (χ3v) is 10.4. The van der Waals surface area contributed by atoms with Crippen molar-refractivity contribution in [1.82, 2.24) is 15.0 Å². The number of sulfone groups is 1. The minimum absolute atomic E-state index is 0.336. The lowest BCUT2D eigenvalue weighted by Crippen LogP contribution is -2.00. The molecule has 0 saturated carbocycles. The van der Waals surface area contributed by atoms with Crippen molar-refractivity contribution in [3.63, 3.8) is 0 Å². The Morgan fingerprint density at radius 2 is 0.891 bits per heavy atom. The van der Waals surface area contributed by atoms with Gasteiger partial charge in [0.15, 0.2) is 17.5 Å². The van der Waals surface area contributed by atoms with Gasteiger partial charge in [-0.2, -0.15) is 0 Å². The Balaban J connectivity index is 1.13. The highest BCUT2D eigenvalue weighted by Gasteiger charge is 2.32. The van der Waals surface area contributed by atoms with Crippen LogP contribution in [0.25, 0.3) is 78.4 Å². The predicted octanol–water partition coefficient (Wildman–Crippen LogP) is 9.25. The monoisotopic (exact) mass is 613 g/mol. The Kier molecular flexibility index (Phi) is 5.79. The van der Waals surface area contributed by atoms with E-state index in [4.69, 9.17) is 19.4 Å². The van der Waals surface area contributed by atoms with Crippen LogP contribution in [-0.4, -0.2) is 23.4 Å². The maximum absolute atomic E-state index is 13.3. The lowest BCUT2D eigenvalue weighted by Gasteiger charge is -2.08. The van der Waals surface area contributed by atoms with E-state index in [1.807, 2.05) is 121 Å². The number of aromatic nitrogens is 3. The summed E-state index contributed by atoms with van der Waals surface area (Å²) in [4.78, 5) is 15.2. The summed E-state index contributed by atoms with van der Waals surface area (Å²) in [5, 5.41) is 1.94. The lowest BCUT2D eigenvalue weighted by atomic mass is 9.99. The summed E-state index contributed by atoms with van der Waals surface area (Å²) in [6.07, 6.45) is 0. The SMILES string of the molecule is O=S1(=O)c2ccccc2-c2ccc(-c3ccc4c(c3)oc3cc(-c5nc(-c6ccccc6)nc(-c6ccccc6)n5)ccc34)cc21. The summed E-state index contributed by atoms with van der Waals surface area (Å²) < 4.78 is 33.0. The molecule has 1 aliphatic heterocycles. The average molecular weight is 614 g/mol. The number of nitrogens with zero attached hydrogens (tertiary/aromatic N) is 3. The molecule has 0 fully saturated rings. The van der Waals surface area contributed by atoms with E-state index in [1.165, 1.54) is 0 Å². The molecule has 1 aliphatic rings.